The number of carboxylic acids is 1. The Labute approximate surface area is 214 Å². The molecule has 0 radical (unpaired) electrons. The average molecular weight is 516 g/mol. The van der Waals surface area contributed by atoms with Gasteiger partial charge in [-0.2, -0.15) is 5.48 Å². The Morgan fingerprint density at radius 2 is 2.23 bits per heavy atom. The molecule has 0 bridgehead atoms. The first-order chi connectivity index (χ1) is 17.1. The standard InChI is InChI=1S/C26H33N3O4S2/c1-32-19-6-8-23-21(16-19)20(9-11-27-23)24(28-33-2)7-5-18-10-12-29(17-22(18)26(30)31)13-15-35-25-4-3-14-34-25/h3-4,6,8-9,11,14,16,18,22,24,28H,5,7,10,12-13,15,17H2,1-2H3,(H,30,31)/t18-,22+,24?/m1/s1. The number of pyridine rings is 1. The number of nitrogens with one attached hydrogen (secondary N) is 1. The van der Waals surface area contributed by atoms with Crippen LogP contribution >= 0.6 is 23.1 Å². The highest BCUT2D eigenvalue weighted by atomic mass is 32.2. The second-order valence-electron chi connectivity index (χ2n) is 8.81. The van der Waals surface area contributed by atoms with Crippen molar-refractivity contribution >= 4 is 40.0 Å². The van der Waals surface area contributed by atoms with E-state index in [2.05, 4.69) is 32.9 Å². The van der Waals surface area contributed by atoms with Crippen molar-refractivity contribution in [2.24, 2.45) is 11.8 Å². The molecule has 1 aliphatic heterocycles. The Morgan fingerprint density at radius 3 is 2.97 bits per heavy atom. The summed E-state index contributed by atoms with van der Waals surface area (Å²) in [6.45, 7) is 2.47. The van der Waals surface area contributed by atoms with Crippen LogP contribution in [-0.4, -0.2) is 60.6 Å². The van der Waals surface area contributed by atoms with Gasteiger partial charge in [-0.25, -0.2) is 0 Å². The molecule has 1 aliphatic rings. The summed E-state index contributed by atoms with van der Waals surface area (Å²) < 4.78 is 6.73. The van der Waals surface area contributed by atoms with Crippen molar-refractivity contribution < 1.29 is 19.5 Å². The molecule has 0 aliphatic carbocycles. The van der Waals surface area contributed by atoms with Crippen LogP contribution in [0.3, 0.4) is 0 Å². The molecule has 1 saturated heterocycles. The van der Waals surface area contributed by atoms with E-state index in [1.54, 1.807) is 31.8 Å². The van der Waals surface area contributed by atoms with E-state index in [9.17, 15) is 9.90 Å². The third-order valence-corrected chi connectivity index (χ3v) is 8.86. The van der Waals surface area contributed by atoms with Crippen molar-refractivity contribution in [3.8, 4) is 5.75 Å². The molecule has 2 N–H and O–H groups in total. The Morgan fingerprint density at radius 1 is 1.34 bits per heavy atom. The first-order valence-corrected chi connectivity index (χ1v) is 13.8. The van der Waals surface area contributed by atoms with Crippen molar-refractivity contribution in [1.82, 2.24) is 15.4 Å². The maximum atomic E-state index is 12.2. The molecule has 9 heteroatoms. The summed E-state index contributed by atoms with van der Waals surface area (Å²) in [6, 6.07) is 12.0. The third kappa shape index (κ3) is 6.74. The molecule has 3 atom stereocenters. The number of fused-ring (bicyclic) bond motifs is 1. The first kappa shape index (κ1) is 25.9. The number of aliphatic carboxylic acids is 1. The largest absolute Gasteiger partial charge is 0.497 e. The second-order valence-corrected chi connectivity index (χ2v) is 11.2. The molecule has 1 unspecified atom stereocenters. The molecular weight excluding hydrogens is 482 g/mol. The number of carboxylic acid groups (broad SMARTS) is 1. The van der Waals surface area contributed by atoms with Gasteiger partial charge < -0.3 is 19.6 Å². The van der Waals surface area contributed by atoms with Crippen molar-refractivity contribution in [2.75, 3.05) is 39.6 Å². The Balaban J connectivity index is 1.40. The summed E-state index contributed by atoms with van der Waals surface area (Å²) in [5.41, 5.74) is 5.10. The van der Waals surface area contributed by atoms with Gasteiger partial charge in [0, 0.05) is 30.4 Å². The van der Waals surface area contributed by atoms with Gasteiger partial charge in [-0.1, -0.05) is 6.07 Å². The number of aromatic nitrogens is 1. The number of hydrogen-bond donors (Lipinski definition) is 2. The molecule has 2 aromatic heterocycles. The molecular formula is C26H33N3O4S2. The normalized spacial score (nSPS) is 19.6. The Bertz CT molecular complexity index is 1100. The lowest BCUT2D eigenvalue weighted by molar-refractivity contribution is -0.146. The maximum Gasteiger partial charge on any atom is 0.308 e. The molecule has 1 fully saturated rings. The Hall–Kier alpha value is -2.17. The van der Waals surface area contributed by atoms with Gasteiger partial charge >= 0.3 is 5.97 Å². The highest BCUT2D eigenvalue weighted by Crippen LogP contribution is 2.34. The highest BCUT2D eigenvalue weighted by Gasteiger charge is 2.34. The van der Waals surface area contributed by atoms with Crippen LogP contribution in [0.5, 0.6) is 5.75 Å². The molecule has 3 heterocycles. The Kier molecular flexibility index (Phi) is 9.39. The van der Waals surface area contributed by atoms with E-state index in [1.165, 1.54) is 4.21 Å². The van der Waals surface area contributed by atoms with Crippen molar-refractivity contribution in [3.05, 3.63) is 53.5 Å². The molecule has 1 aromatic carbocycles. The molecule has 0 saturated carbocycles. The van der Waals surface area contributed by atoms with Gasteiger partial charge in [0.15, 0.2) is 0 Å². The molecule has 4 rings (SSSR count). The number of likely N-dealkylation sites (tertiary alicyclic amines) is 1. The van der Waals surface area contributed by atoms with Crippen LogP contribution in [0.15, 0.2) is 52.2 Å². The average Bonchev–Trinajstić information content (AvgIpc) is 3.40. The summed E-state index contributed by atoms with van der Waals surface area (Å²) in [7, 11) is 3.27. The van der Waals surface area contributed by atoms with Crippen LogP contribution in [-0.2, 0) is 9.63 Å². The van der Waals surface area contributed by atoms with Gasteiger partial charge in [-0.05, 0) is 73.0 Å². The van der Waals surface area contributed by atoms with Gasteiger partial charge in [0.2, 0.25) is 0 Å². The van der Waals surface area contributed by atoms with Gasteiger partial charge in [-0.15, -0.1) is 23.1 Å². The third-order valence-electron chi connectivity index (χ3n) is 6.75. The van der Waals surface area contributed by atoms with Crippen LogP contribution in [0.1, 0.15) is 30.9 Å². The predicted molar refractivity (Wildman–Crippen MR) is 141 cm³/mol. The van der Waals surface area contributed by atoms with E-state index in [1.807, 2.05) is 36.0 Å². The summed E-state index contributed by atoms with van der Waals surface area (Å²) in [4.78, 5) is 24.3. The monoisotopic (exact) mass is 515 g/mol. The minimum absolute atomic E-state index is 0.0766. The lowest BCUT2D eigenvalue weighted by atomic mass is 9.81. The first-order valence-electron chi connectivity index (χ1n) is 11.9. The van der Waals surface area contributed by atoms with Crippen LogP contribution in [0.4, 0.5) is 0 Å². The summed E-state index contributed by atoms with van der Waals surface area (Å²) in [5.74, 6) is 0.848. The molecule has 35 heavy (non-hydrogen) atoms. The number of ether oxygens (including phenoxy) is 1. The number of carbonyl (C=O) groups is 1. The van der Waals surface area contributed by atoms with E-state index < -0.39 is 5.97 Å². The van der Waals surface area contributed by atoms with Gasteiger partial charge in [0.05, 0.1) is 35.9 Å². The van der Waals surface area contributed by atoms with E-state index in [4.69, 9.17) is 9.57 Å². The zero-order valence-corrected chi connectivity index (χ0v) is 21.8. The SMILES string of the molecule is CONC(CC[C@@H]1CCN(CCSc2cccs2)C[C@@H]1C(=O)O)c1ccnc2ccc(OC)cc12. The van der Waals surface area contributed by atoms with E-state index >= 15 is 0 Å². The van der Waals surface area contributed by atoms with E-state index in [0.717, 1.165) is 60.3 Å². The zero-order chi connectivity index (χ0) is 24.6. The lowest BCUT2D eigenvalue weighted by Gasteiger charge is -2.37. The fourth-order valence-electron chi connectivity index (χ4n) is 4.90. The molecule has 7 nitrogen and oxygen atoms in total. The van der Waals surface area contributed by atoms with Gasteiger partial charge in [0.1, 0.15) is 5.75 Å². The van der Waals surface area contributed by atoms with Crippen LogP contribution < -0.4 is 10.2 Å². The van der Waals surface area contributed by atoms with Crippen LogP contribution in [0, 0.1) is 11.8 Å². The quantitative estimate of drug-likeness (QED) is 0.255. The summed E-state index contributed by atoms with van der Waals surface area (Å²) in [5, 5.41) is 13.1. The number of thioether (sulfide) groups is 1. The fraction of sp³-hybridized carbons (Fsp3) is 0.462. The predicted octanol–water partition coefficient (Wildman–Crippen LogP) is 5.09. The van der Waals surface area contributed by atoms with Gasteiger partial charge in [-0.3, -0.25) is 9.78 Å². The fourth-order valence-corrected chi connectivity index (χ4v) is 6.76. The smallest absolute Gasteiger partial charge is 0.308 e. The topological polar surface area (TPSA) is 83.9 Å². The number of hydroxylamine groups is 1. The molecule has 3 aromatic rings. The van der Waals surface area contributed by atoms with Crippen molar-refractivity contribution in [2.45, 2.75) is 29.5 Å². The minimum Gasteiger partial charge on any atom is -0.497 e. The number of thiophene rings is 1. The van der Waals surface area contributed by atoms with Crippen molar-refractivity contribution in [3.63, 3.8) is 0 Å². The number of methoxy groups -OCH3 is 1. The van der Waals surface area contributed by atoms with Crippen LogP contribution in [0.2, 0.25) is 0 Å². The van der Waals surface area contributed by atoms with Crippen LogP contribution in [0.25, 0.3) is 10.9 Å². The number of rotatable bonds is 12. The molecule has 0 amide bonds. The second kappa shape index (κ2) is 12.7. The number of benzene rings is 1. The molecule has 0 spiro atoms. The maximum absolute atomic E-state index is 12.2. The highest BCUT2D eigenvalue weighted by molar-refractivity contribution is 8.01. The summed E-state index contributed by atoms with van der Waals surface area (Å²) in [6.07, 6.45) is 4.28. The summed E-state index contributed by atoms with van der Waals surface area (Å²) >= 11 is 3.60. The number of hydrogen-bond acceptors (Lipinski definition) is 8. The van der Waals surface area contributed by atoms with E-state index in [-0.39, 0.29) is 17.9 Å². The number of piperidine rings is 1. The van der Waals surface area contributed by atoms with E-state index in [0.29, 0.717) is 6.54 Å². The molecule has 188 valence electrons. The lowest BCUT2D eigenvalue weighted by Crippen LogP contribution is -2.44. The zero-order valence-electron chi connectivity index (χ0n) is 20.2. The number of nitrogens with zero attached hydrogens (tertiary/aromatic N) is 2. The van der Waals surface area contributed by atoms with Crippen molar-refractivity contribution in [1.29, 1.82) is 0 Å². The minimum atomic E-state index is -0.694. The van der Waals surface area contributed by atoms with Gasteiger partial charge in [0.25, 0.3) is 0 Å².